The lowest BCUT2D eigenvalue weighted by Gasteiger charge is -2.35. The number of aromatic nitrogens is 2. The highest BCUT2D eigenvalue weighted by Crippen LogP contribution is 2.24. The van der Waals surface area contributed by atoms with Crippen LogP contribution in [0.5, 0.6) is 5.75 Å². The van der Waals surface area contributed by atoms with Crippen molar-refractivity contribution in [2.24, 2.45) is 0 Å². The predicted molar refractivity (Wildman–Crippen MR) is 119 cm³/mol. The van der Waals surface area contributed by atoms with Crippen LogP contribution < -0.4 is 10.1 Å². The number of aromatic amines is 1. The molecule has 0 unspecified atom stereocenters. The van der Waals surface area contributed by atoms with Gasteiger partial charge in [0.2, 0.25) is 0 Å². The molecule has 1 amide bonds. The molecule has 0 bridgehead atoms. The maximum absolute atomic E-state index is 12.8. The van der Waals surface area contributed by atoms with Gasteiger partial charge < -0.3 is 14.8 Å². The molecule has 3 aromatic rings. The molecule has 162 valence electrons. The van der Waals surface area contributed by atoms with Crippen LogP contribution in [0, 0.1) is 6.92 Å². The van der Waals surface area contributed by atoms with Crippen LogP contribution in [0.2, 0.25) is 0 Å². The Morgan fingerprint density at radius 3 is 2.55 bits per heavy atom. The van der Waals surface area contributed by atoms with Crippen molar-refractivity contribution in [1.82, 2.24) is 20.4 Å². The van der Waals surface area contributed by atoms with E-state index in [1.807, 2.05) is 43.3 Å². The van der Waals surface area contributed by atoms with Gasteiger partial charge in [0.25, 0.3) is 5.91 Å². The third-order valence-electron chi connectivity index (χ3n) is 5.61. The number of methoxy groups -OCH3 is 1. The van der Waals surface area contributed by atoms with E-state index in [1.54, 1.807) is 13.2 Å². The summed E-state index contributed by atoms with van der Waals surface area (Å²) in [4.78, 5) is 15.2. The number of benzene rings is 2. The van der Waals surface area contributed by atoms with Crippen molar-refractivity contribution in [2.45, 2.75) is 13.0 Å². The summed E-state index contributed by atoms with van der Waals surface area (Å²) >= 11 is 0. The first-order valence-corrected chi connectivity index (χ1v) is 10.5. The summed E-state index contributed by atoms with van der Waals surface area (Å²) < 4.78 is 10.8. The number of hydrogen-bond donors (Lipinski definition) is 2. The zero-order valence-corrected chi connectivity index (χ0v) is 17.9. The third-order valence-corrected chi connectivity index (χ3v) is 5.61. The zero-order chi connectivity index (χ0) is 21.6. The largest absolute Gasteiger partial charge is 0.497 e. The Morgan fingerprint density at radius 2 is 1.87 bits per heavy atom. The number of ether oxygens (including phenoxy) is 2. The van der Waals surface area contributed by atoms with E-state index >= 15 is 0 Å². The summed E-state index contributed by atoms with van der Waals surface area (Å²) in [7, 11) is 1.66. The number of nitrogens with zero attached hydrogens (tertiary/aromatic N) is 2. The van der Waals surface area contributed by atoms with Crippen LogP contribution in [0.3, 0.4) is 0 Å². The first-order valence-electron chi connectivity index (χ1n) is 10.5. The van der Waals surface area contributed by atoms with Gasteiger partial charge in [-0.2, -0.15) is 5.10 Å². The van der Waals surface area contributed by atoms with Gasteiger partial charge in [0.05, 0.1) is 32.1 Å². The molecule has 1 aromatic heterocycles. The molecule has 4 rings (SSSR count). The van der Waals surface area contributed by atoms with Gasteiger partial charge in [0.1, 0.15) is 11.4 Å². The van der Waals surface area contributed by atoms with Crippen molar-refractivity contribution in [1.29, 1.82) is 0 Å². The smallest absolute Gasteiger partial charge is 0.269 e. The van der Waals surface area contributed by atoms with E-state index in [-0.39, 0.29) is 11.9 Å². The van der Waals surface area contributed by atoms with Gasteiger partial charge in [-0.25, -0.2) is 0 Å². The van der Waals surface area contributed by atoms with Crippen LogP contribution >= 0.6 is 0 Å². The number of carbonyl (C=O) groups is 1. The maximum Gasteiger partial charge on any atom is 0.269 e. The standard InChI is InChI=1S/C24H28N4O3/c1-17-3-5-18(6-4-17)21-15-22(27-26-21)24(29)25-16-23(28-11-13-31-14-12-28)19-7-9-20(30-2)10-8-19/h3-10,15,23H,11-14,16H2,1-2H3,(H,25,29)(H,26,27)/t23-/m1/s1. The molecule has 2 N–H and O–H groups in total. The normalized spacial score (nSPS) is 15.4. The fourth-order valence-corrected chi connectivity index (χ4v) is 3.77. The van der Waals surface area contributed by atoms with Crippen molar-refractivity contribution < 1.29 is 14.3 Å². The SMILES string of the molecule is COc1ccc([C@@H](CNC(=O)c2cc(-c3ccc(C)cc3)n[nH]2)N2CCOCC2)cc1. The monoisotopic (exact) mass is 420 g/mol. The fourth-order valence-electron chi connectivity index (χ4n) is 3.77. The molecule has 2 aromatic carbocycles. The zero-order valence-electron chi connectivity index (χ0n) is 17.9. The predicted octanol–water partition coefficient (Wildman–Crippen LogP) is 3.20. The van der Waals surface area contributed by atoms with Crippen LogP contribution in [0.4, 0.5) is 0 Å². The molecule has 0 saturated carbocycles. The fraction of sp³-hybridized carbons (Fsp3) is 0.333. The molecule has 1 aliphatic rings. The summed E-state index contributed by atoms with van der Waals surface area (Å²) in [5.41, 5.74) is 4.50. The molecular weight excluding hydrogens is 392 g/mol. The molecule has 0 radical (unpaired) electrons. The number of carbonyl (C=O) groups excluding carboxylic acids is 1. The molecule has 0 spiro atoms. The summed E-state index contributed by atoms with van der Waals surface area (Å²) in [6.45, 7) is 5.58. The Morgan fingerprint density at radius 1 is 1.16 bits per heavy atom. The molecule has 0 aliphatic carbocycles. The van der Waals surface area contributed by atoms with Crippen LogP contribution in [0.1, 0.15) is 27.7 Å². The van der Waals surface area contributed by atoms with E-state index < -0.39 is 0 Å². The topological polar surface area (TPSA) is 79.5 Å². The van der Waals surface area contributed by atoms with E-state index in [4.69, 9.17) is 9.47 Å². The van der Waals surface area contributed by atoms with Crippen molar-refractivity contribution in [3.05, 3.63) is 71.4 Å². The molecule has 7 heteroatoms. The lowest BCUT2D eigenvalue weighted by atomic mass is 10.0. The minimum Gasteiger partial charge on any atom is -0.497 e. The van der Waals surface area contributed by atoms with Crippen LogP contribution in [0.25, 0.3) is 11.3 Å². The number of hydrogen-bond acceptors (Lipinski definition) is 5. The first kappa shape index (κ1) is 21.1. The maximum atomic E-state index is 12.8. The number of nitrogens with one attached hydrogen (secondary N) is 2. The van der Waals surface area contributed by atoms with E-state index in [0.29, 0.717) is 25.5 Å². The van der Waals surface area contributed by atoms with Crippen molar-refractivity contribution in [3.63, 3.8) is 0 Å². The van der Waals surface area contributed by atoms with Gasteiger partial charge in [-0.3, -0.25) is 14.8 Å². The highest BCUT2D eigenvalue weighted by atomic mass is 16.5. The summed E-state index contributed by atoms with van der Waals surface area (Å²) in [6, 6.07) is 17.9. The van der Waals surface area contributed by atoms with Crippen LogP contribution in [0.15, 0.2) is 54.6 Å². The molecular formula is C24H28N4O3. The molecule has 7 nitrogen and oxygen atoms in total. The van der Waals surface area contributed by atoms with Gasteiger partial charge in [-0.05, 0) is 30.7 Å². The van der Waals surface area contributed by atoms with Crippen molar-refractivity contribution in [3.8, 4) is 17.0 Å². The summed E-state index contributed by atoms with van der Waals surface area (Å²) in [6.07, 6.45) is 0. The number of aryl methyl sites for hydroxylation is 1. The number of rotatable bonds is 7. The average molecular weight is 421 g/mol. The van der Waals surface area contributed by atoms with Gasteiger partial charge in [-0.15, -0.1) is 0 Å². The molecule has 1 atom stereocenters. The highest BCUT2D eigenvalue weighted by molar-refractivity contribution is 5.93. The Balaban J connectivity index is 1.46. The van der Waals surface area contributed by atoms with E-state index in [9.17, 15) is 4.79 Å². The number of H-pyrrole nitrogens is 1. The second-order valence-corrected chi connectivity index (χ2v) is 7.68. The Labute approximate surface area is 182 Å². The Kier molecular flexibility index (Phi) is 6.64. The minimum atomic E-state index is -0.169. The molecule has 1 saturated heterocycles. The molecule has 31 heavy (non-hydrogen) atoms. The Hall–Kier alpha value is -3.16. The third kappa shape index (κ3) is 5.13. The highest BCUT2D eigenvalue weighted by Gasteiger charge is 2.24. The first-order chi connectivity index (χ1) is 15.1. The molecule has 1 aliphatic heterocycles. The average Bonchev–Trinajstić information content (AvgIpc) is 3.31. The van der Waals surface area contributed by atoms with E-state index in [2.05, 4.69) is 32.5 Å². The Bertz CT molecular complexity index is 992. The second-order valence-electron chi connectivity index (χ2n) is 7.68. The minimum absolute atomic E-state index is 0.0539. The molecule has 1 fully saturated rings. The van der Waals surface area contributed by atoms with Gasteiger partial charge >= 0.3 is 0 Å². The van der Waals surface area contributed by atoms with Gasteiger partial charge in [-0.1, -0.05) is 42.0 Å². The quantitative estimate of drug-likeness (QED) is 0.614. The van der Waals surface area contributed by atoms with Crippen molar-refractivity contribution in [2.75, 3.05) is 40.0 Å². The number of morpholine rings is 1. The molecule has 2 heterocycles. The van der Waals surface area contributed by atoms with E-state index in [1.165, 1.54) is 5.56 Å². The van der Waals surface area contributed by atoms with Crippen LogP contribution in [-0.4, -0.2) is 61.0 Å². The van der Waals surface area contributed by atoms with Crippen molar-refractivity contribution >= 4 is 5.91 Å². The number of amides is 1. The van der Waals surface area contributed by atoms with E-state index in [0.717, 1.165) is 35.7 Å². The van der Waals surface area contributed by atoms with Crippen LogP contribution in [-0.2, 0) is 4.74 Å². The lowest BCUT2D eigenvalue weighted by Crippen LogP contribution is -2.43. The summed E-state index contributed by atoms with van der Waals surface area (Å²) in [5, 5.41) is 10.2. The second kappa shape index (κ2) is 9.76. The van der Waals surface area contributed by atoms with Gasteiger partial charge in [0.15, 0.2) is 0 Å². The lowest BCUT2D eigenvalue weighted by molar-refractivity contribution is 0.0162. The summed E-state index contributed by atoms with van der Waals surface area (Å²) in [5.74, 6) is 0.646. The van der Waals surface area contributed by atoms with Gasteiger partial charge in [0, 0.05) is 25.2 Å².